The Morgan fingerprint density at radius 1 is 1.34 bits per heavy atom. The molecule has 1 aliphatic carbocycles. The fourth-order valence-corrected chi connectivity index (χ4v) is 6.31. The second-order valence-corrected chi connectivity index (χ2v) is 10.7. The number of halogens is 1. The van der Waals surface area contributed by atoms with E-state index in [0.29, 0.717) is 18.2 Å². The van der Waals surface area contributed by atoms with Gasteiger partial charge in [0, 0.05) is 22.8 Å². The number of aryl methyl sites for hydroxylation is 3. The molecule has 1 aliphatic rings. The number of nitrogens with one attached hydrogen (secondary N) is 1. The molecule has 0 fully saturated rings. The Hall–Kier alpha value is -2.42. The number of nitrogens with zero attached hydrogens (tertiary/aromatic N) is 3. The Labute approximate surface area is 194 Å². The van der Waals surface area contributed by atoms with Crippen LogP contribution in [0.3, 0.4) is 0 Å². The van der Waals surface area contributed by atoms with Crippen LogP contribution in [0.1, 0.15) is 51.7 Å². The number of thiazole rings is 1. The van der Waals surface area contributed by atoms with Crippen molar-refractivity contribution in [3.8, 4) is 0 Å². The summed E-state index contributed by atoms with van der Waals surface area (Å²) in [4.78, 5) is 24.6. The lowest BCUT2D eigenvalue weighted by atomic mass is 9.93. The summed E-state index contributed by atoms with van der Waals surface area (Å²) in [6, 6.07) is 5.55. The highest BCUT2D eigenvalue weighted by atomic mass is 32.1. The highest BCUT2D eigenvalue weighted by Crippen LogP contribution is 2.34. The highest BCUT2D eigenvalue weighted by molar-refractivity contribution is 7.18. The molecule has 5 rings (SSSR count). The first kappa shape index (κ1) is 21.4. The molecule has 4 aromatic rings. The summed E-state index contributed by atoms with van der Waals surface area (Å²) in [6.07, 6.45) is 4.32. The molecule has 32 heavy (non-hydrogen) atoms. The molecule has 1 aromatic carbocycles. The summed E-state index contributed by atoms with van der Waals surface area (Å²) in [5, 5.41) is 7.34. The van der Waals surface area contributed by atoms with Gasteiger partial charge in [0.15, 0.2) is 0 Å². The van der Waals surface area contributed by atoms with Gasteiger partial charge in [-0.15, -0.1) is 22.7 Å². The van der Waals surface area contributed by atoms with Crippen LogP contribution in [0.25, 0.3) is 10.2 Å². The van der Waals surface area contributed by atoms with Gasteiger partial charge >= 0.3 is 0 Å². The molecule has 2 atom stereocenters. The van der Waals surface area contributed by atoms with Crippen molar-refractivity contribution in [1.29, 1.82) is 0 Å². The minimum Gasteiger partial charge on any atom is -0.310 e. The lowest BCUT2D eigenvalue weighted by Gasteiger charge is -2.23. The largest absolute Gasteiger partial charge is 0.310 e. The van der Waals surface area contributed by atoms with E-state index in [4.69, 9.17) is 0 Å². The van der Waals surface area contributed by atoms with Gasteiger partial charge in [0.2, 0.25) is 0 Å². The van der Waals surface area contributed by atoms with Crippen molar-refractivity contribution in [2.24, 2.45) is 0 Å². The molecule has 3 aromatic heterocycles. The molecule has 0 spiro atoms. The van der Waals surface area contributed by atoms with E-state index in [2.05, 4.69) is 15.3 Å². The van der Waals surface area contributed by atoms with Gasteiger partial charge in [0.1, 0.15) is 10.6 Å². The summed E-state index contributed by atoms with van der Waals surface area (Å²) in [5.41, 5.74) is 3.69. The van der Waals surface area contributed by atoms with Gasteiger partial charge in [-0.25, -0.2) is 14.4 Å². The second-order valence-electron chi connectivity index (χ2n) is 8.51. The number of aromatic nitrogens is 3. The standard InChI is InChI=1S/C24H25FN4OS2/c1-13-4-5-16(8-19(13)25)10-26-17-6-7-18-21(9-17)32-23-22(18)24(30)29(12-27-23)14(2)20-11-31-15(3)28-20/h4-5,8,11-12,14,17,26H,6-7,9-10H2,1-3H3. The first-order valence-electron chi connectivity index (χ1n) is 10.8. The van der Waals surface area contributed by atoms with E-state index in [-0.39, 0.29) is 17.4 Å². The van der Waals surface area contributed by atoms with Crippen molar-refractivity contribution in [3.05, 3.63) is 78.3 Å². The zero-order valence-corrected chi connectivity index (χ0v) is 19.9. The molecular formula is C24H25FN4OS2. The van der Waals surface area contributed by atoms with Crippen LogP contribution < -0.4 is 10.9 Å². The SMILES string of the molecule is Cc1nc(C(C)n2cnc3sc4c(c3c2=O)CCC(NCc2ccc(C)c(F)c2)C4)cs1. The maximum absolute atomic E-state index is 13.8. The first-order chi connectivity index (χ1) is 15.4. The molecule has 0 aliphatic heterocycles. The van der Waals surface area contributed by atoms with Gasteiger partial charge in [-0.05, 0) is 62.8 Å². The summed E-state index contributed by atoms with van der Waals surface area (Å²) in [6.45, 7) is 6.38. The summed E-state index contributed by atoms with van der Waals surface area (Å²) >= 11 is 3.22. The molecule has 0 amide bonds. The minimum atomic E-state index is -0.163. The van der Waals surface area contributed by atoms with Crippen molar-refractivity contribution in [2.75, 3.05) is 0 Å². The van der Waals surface area contributed by atoms with Crippen molar-refractivity contribution in [2.45, 2.75) is 58.7 Å². The predicted octanol–water partition coefficient (Wildman–Crippen LogP) is 4.93. The third kappa shape index (κ3) is 3.91. The molecule has 166 valence electrons. The molecule has 0 saturated carbocycles. The summed E-state index contributed by atoms with van der Waals surface area (Å²) in [7, 11) is 0. The third-order valence-electron chi connectivity index (χ3n) is 6.31. The number of hydrogen-bond acceptors (Lipinski definition) is 6. The lowest BCUT2D eigenvalue weighted by Crippen LogP contribution is -2.34. The van der Waals surface area contributed by atoms with Gasteiger partial charge in [-0.2, -0.15) is 0 Å². The first-order valence-corrected chi connectivity index (χ1v) is 12.5. The van der Waals surface area contributed by atoms with E-state index in [9.17, 15) is 9.18 Å². The van der Waals surface area contributed by atoms with Crippen LogP contribution in [0.5, 0.6) is 0 Å². The smallest absolute Gasteiger partial charge is 0.262 e. The zero-order valence-electron chi connectivity index (χ0n) is 18.3. The van der Waals surface area contributed by atoms with Crippen molar-refractivity contribution in [1.82, 2.24) is 19.9 Å². The summed E-state index contributed by atoms with van der Waals surface area (Å²) < 4.78 is 15.5. The lowest BCUT2D eigenvalue weighted by molar-refractivity contribution is 0.462. The quantitative estimate of drug-likeness (QED) is 0.451. The van der Waals surface area contributed by atoms with Crippen molar-refractivity contribution in [3.63, 3.8) is 0 Å². The van der Waals surface area contributed by atoms with E-state index in [0.717, 1.165) is 51.3 Å². The molecule has 5 nitrogen and oxygen atoms in total. The third-order valence-corrected chi connectivity index (χ3v) is 8.26. The van der Waals surface area contributed by atoms with Crippen LogP contribution in [0.15, 0.2) is 34.7 Å². The van der Waals surface area contributed by atoms with Crippen molar-refractivity contribution < 1.29 is 4.39 Å². The average molecular weight is 469 g/mol. The highest BCUT2D eigenvalue weighted by Gasteiger charge is 2.26. The molecule has 8 heteroatoms. The number of rotatable bonds is 5. The topological polar surface area (TPSA) is 59.8 Å². The summed E-state index contributed by atoms with van der Waals surface area (Å²) in [5.74, 6) is -0.163. The fourth-order valence-electron chi connectivity index (χ4n) is 4.35. The van der Waals surface area contributed by atoms with E-state index in [1.54, 1.807) is 46.6 Å². The van der Waals surface area contributed by atoms with Crippen molar-refractivity contribution >= 4 is 32.9 Å². The zero-order chi connectivity index (χ0) is 22.4. The van der Waals surface area contributed by atoms with Gasteiger partial charge in [0.25, 0.3) is 5.56 Å². The predicted molar refractivity (Wildman–Crippen MR) is 128 cm³/mol. The van der Waals surface area contributed by atoms with Gasteiger partial charge in [-0.1, -0.05) is 12.1 Å². The van der Waals surface area contributed by atoms with Crippen LogP contribution in [-0.4, -0.2) is 20.6 Å². The number of benzene rings is 1. The molecule has 0 bridgehead atoms. The van der Waals surface area contributed by atoms with Gasteiger partial charge in [-0.3, -0.25) is 9.36 Å². The number of fused-ring (bicyclic) bond motifs is 3. The van der Waals surface area contributed by atoms with Crippen LogP contribution in [-0.2, 0) is 19.4 Å². The Balaban J connectivity index is 1.37. The van der Waals surface area contributed by atoms with Crippen LogP contribution in [0.4, 0.5) is 4.39 Å². The Bertz CT molecular complexity index is 1360. The molecular weight excluding hydrogens is 443 g/mol. The Morgan fingerprint density at radius 2 is 2.19 bits per heavy atom. The van der Waals surface area contributed by atoms with Crippen LogP contribution in [0.2, 0.25) is 0 Å². The molecule has 0 saturated heterocycles. The molecule has 3 heterocycles. The van der Waals surface area contributed by atoms with E-state index >= 15 is 0 Å². The normalized spacial score (nSPS) is 16.9. The monoisotopic (exact) mass is 468 g/mol. The Kier molecular flexibility index (Phi) is 5.69. The molecule has 0 radical (unpaired) electrons. The average Bonchev–Trinajstić information content (AvgIpc) is 3.37. The maximum atomic E-state index is 13.8. The maximum Gasteiger partial charge on any atom is 0.262 e. The van der Waals surface area contributed by atoms with E-state index < -0.39 is 0 Å². The second kappa shape index (κ2) is 8.50. The number of hydrogen-bond donors (Lipinski definition) is 1. The van der Waals surface area contributed by atoms with E-state index in [1.807, 2.05) is 31.4 Å². The molecule has 2 unspecified atom stereocenters. The Morgan fingerprint density at radius 3 is 2.94 bits per heavy atom. The van der Waals surface area contributed by atoms with Gasteiger partial charge < -0.3 is 5.32 Å². The van der Waals surface area contributed by atoms with Crippen LogP contribution in [0, 0.1) is 19.7 Å². The minimum absolute atomic E-state index is 0.0205. The van der Waals surface area contributed by atoms with E-state index in [1.165, 1.54) is 4.88 Å². The molecule has 1 N–H and O–H groups in total. The van der Waals surface area contributed by atoms with Gasteiger partial charge in [0.05, 0.1) is 28.5 Å². The number of thiophene rings is 1. The fraction of sp³-hybridized carbons (Fsp3) is 0.375. The van der Waals surface area contributed by atoms with Crippen LogP contribution >= 0.6 is 22.7 Å².